The second-order valence-corrected chi connectivity index (χ2v) is 6.90. The van der Waals surface area contributed by atoms with Crippen LogP contribution in [0.2, 0.25) is 5.02 Å². The van der Waals surface area contributed by atoms with Crippen LogP contribution in [0, 0.1) is 13.8 Å². The molecule has 0 spiro atoms. The van der Waals surface area contributed by atoms with E-state index >= 15 is 0 Å². The topological polar surface area (TPSA) is 52.9 Å². The van der Waals surface area contributed by atoms with Gasteiger partial charge < -0.3 is 10.0 Å². The Morgan fingerprint density at radius 3 is 2.71 bits per heavy atom. The quantitative estimate of drug-likeness (QED) is 0.858. The third-order valence-corrected chi connectivity index (χ3v) is 5.14. The minimum atomic E-state index is -1.56. The average Bonchev–Trinajstić information content (AvgIpc) is 2.88. The van der Waals surface area contributed by atoms with Crippen LogP contribution in [0.3, 0.4) is 0 Å². The van der Waals surface area contributed by atoms with Gasteiger partial charge >= 0.3 is 0 Å². The summed E-state index contributed by atoms with van der Waals surface area (Å²) in [5, 5.41) is 11.6. The average molecular weight is 341 g/mol. The lowest BCUT2D eigenvalue weighted by molar-refractivity contribution is 0.0602. The fourth-order valence-electron chi connectivity index (χ4n) is 3.39. The van der Waals surface area contributed by atoms with E-state index in [4.69, 9.17) is 11.6 Å². The van der Waals surface area contributed by atoms with E-state index in [-0.39, 0.29) is 5.78 Å². The molecule has 2 aliphatic heterocycles. The molecule has 1 N–H and O–H groups in total. The number of amidine groups is 1. The van der Waals surface area contributed by atoms with Crippen molar-refractivity contribution in [2.75, 3.05) is 11.4 Å². The van der Waals surface area contributed by atoms with Crippen LogP contribution in [0.25, 0.3) is 0 Å². The van der Waals surface area contributed by atoms with Crippen LogP contribution < -0.4 is 4.90 Å². The summed E-state index contributed by atoms with van der Waals surface area (Å²) in [5.41, 5.74) is 2.49. The van der Waals surface area contributed by atoms with Gasteiger partial charge in [0.05, 0.1) is 5.69 Å². The summed E-state index contributed by atoms with van der Waals surface area (Å²) >= 11 is 6.09. The first-order valence-electron chi connectivity index (χ1n) is 7.91. The number of ketones is 1. The highest BCUT2D eigenvalue weighted by atomic mass is 35.5. The van der Waals surface area contributed by atoms with Crippen LogP contribution >= 0.6 is 11.6 Å². The normalized spacial score (nSPS) is 22.2. The van der Waals surface area contributed by atoms with Gasteiger partial charge in [-0.05, 0) is 55.3 Å². The highest BCUT2D eigenvalue weighted by molar-refractivity contribution is 6.31. The molecule has 0 aromatic heterocycles. The number of rotatable bonds is 1. The van der Waals surface area contributed by atoms with Crippen LogP contribution in [-0.4, -0.2) is 28.9 Å². The van der Waals surface area contributed by atoms with Gasteiger partial charge in [0.15, 0.2) is 5.60 Å². The fourth-order valence-corrected chi connectivity index (χ4v) is 3.57. The number of aryl methyl sites for hydroxylation is 2. The van der Waals surface area contributed by atoms with E-state index < -0.39 is 5.60 Å². The Kier molecular flexibility index (Phi) is 3.31. The van der Waals surface area contributed by atoms with E-state index in [1.165, 1.54) is 0 Å². The molecule has 0 bridgehead atoms. The molecule has 4 nitrogen and oxygen atoms in total. The molecule has 1 unspecified atom stereocenters. The van der Waals surface area contributed by atoms with Gasteiger partial charge in [0.2, 0.25) is 5.78 Å². The maximum atomic E-state index is 12.9. The molecule has 2 aromatic rings. The highest BCUT2D eigenvalue weighted by Crippen LogP contribution is 2.40. The number of nitrogens with zero attached hydrogens (tertiary/aromatic N) is 2. The summed E-state index contributed by atoms with van der Waals surface area (Å²) < 4.78 is 0. The minimum absolute atomic E-state index is 0.268. The monoisotopic (exact) mass is 340 g/mol. The molecule has 1 atom stereocenters. The molecule has 122 valence electrons. The van der Waals surface area contributed by atoms with E-state index in [9.17, 15) is 9.90 Å². The molecule has 5 heteroatoms. The Bertz CT molecular complexity index is 906. The standard InChI is InChI=1S/C19H17ClN2O2/c1-11-8-15-16(9-12(11)2)21-18-19(24,17(15)23)6-7-22(18)14-5-3-4-13(20)10-14/h3-5,8-10,24H,6-7H2,1-2H3. The molecule has 24 heavy (non-hydrogen) atoms. The number of fused-ring (bicyclic) bond motifs is 2. The van der Waals surface area contributed by atoms with Gasteiger partial charge in [-0.15, -0.1) is 0 Å². The van der Waals surface area contributed by atoms with Crippen molar-refractivity contribution in [2.45, 2.75) is 25.9 Å². The third-order valence-electron chi connectivity index (χ3n) is 4.90. The number of carbonyl (C=O) groups is 1. The van der Waals surface area contributed by atoms with Crippen molar-refractivity contribution in [3.8, 4) is 0 Å². The first kappa shape index (κ1) is 15.4. The number of benzene rings is 2. The molecule has 2 aliphatic rings. The van der Waals surface area contributed by atoms with Gasteiger partial charge in [-0.25, -0.2) is 4.99 Å². The first-order chi connectivity index (χ1) is 11.4. The molecule has 0 radical (unpaired) electrons. The van der Waals surface area contributed by atoms with Crippen molar-refractivity contribution in [2.24, 2.45) is 4.99 Å². The third kappa shape index (κ3) is 2.10. The number of halogens is 1. The molecule has 0 amide bonds. The number of anilines is 1. The molecule has 0 aliphatic carbocycles. The molecule has 0 saturated carbocycles. The van der Waals surface area contributed by atoms with Gasteiger partial charge in [-0.3, -0.25) is 4.79 Å². The maximum Gasteiger partial charge on any atom is 0.204 e. The van der Waals surface area contributed by atoms with Gasteiger partial charge in [-0.1, -0.05) is 17.7 Å². The molecule has 2 aromatic carbocycles. The second kappa shape index (κ2) is 5.16. The molecule has 1 fully saturated rings. The first-order valence-corrected chi connectivity index (χ1v) is 8.28. The second-order valence-electron chi connectivity index (χ2n) is 6.46. The Labute approximate surface area is 145 Å². The highest BCUT2D eigenvalue weighted by Gasteiger charge is 2.52. The zero-order chi connectivity index (χ0) is 17.1. The van der Waals surface area contributed by atoms with Gasteiger partial charge in [-0.2, -0.15) is 0 Å². The number of aliphatic hydroxyl groups is 1. The lowest BCUT2D eigenvalue weighted by Gasteiger charge is -2.30. The van der Waals surface area contributed by atoms with E-state index in [1.807, 2.05) is 49.1 Å². The van der Waals surface area contributed by atoms with E-state index in [0.717, 1.165) is 16.8 Å². The molecule has 1 saturated heterocycles. The van der Waals surface area contributed by atoms with Crippen molar-refractivity contribution in [1.82, 2.24) is 0 Å². The Morgan fingerprint density at radius 1 is 1.21 bits per heavy atom. The number of hydrogen-bond acceptors (Lipinski definition) is 4. The molecular weight excluding hydrogens is 324 g/mol. The zero-order valence-corrected chi connectivity index (χ0v) is 14.3. The Hall–Kier alpha value is -2.17. The summed E-state index contributed by atoms with van der Waals surface area (Å²) in [7, 11) is 0. The lowest BCUT2D eigenvalue weighted by Crippen LogP contribution is -2.48. The van der Waals surface area contributed by atoms with E-state index in [1.54, 1.807) is 6.07 Å². The minimum Gasteiger partial charge on any atom is -0.374 e. The van der Waals surface area contributed by atoms with Crippen molar-refractivity contribution in [1.29, 1.82) is 0 Å². The predicted octanol–water partition coefficient (Wildman–Crippen LogP) is 3.82. The summed E-state index contributed by atoms with van der Waals surface area (Å²) in [6.45, 7) is 4.47. The van der Waals surface area contributed by atoms with E-state index in [2.05, 4.69) is 4.99 Å². The largest absolute Gasteiger partial charge is 0.374 e. The fraction of sp³-hybridized carbons (Fsp3) is 0.263. The van der Waals surface area contributed by atoms with Crippen LogP contribution in [0.1, 0.15) is 27.9 Å². The van der Waals surface area contributed by atoms with Crippen molar-refractivity contribution in [3.63, 3.8) is 0 Å². The van der Waals surface area contributed by atoms with Crippen molar-refractivity contribution >= 4 is 34.6 Å². The van der Waals surface area contributed by atoms with Crippen LogP contribution in [0.5, 0.6) is 0 Å². The zero-order valence-electron chi connectivity index (χ0n) is 13.5. The van der Waals surface area contributed by atoms with Crippen molar-refractivity contribution in [3.05, 3.63) is 58.1 Å². The van der Waals surface area contributed by atoms with Crippen LogP contribution in [-0.2, 0) is 0 Å². The maximum absolute atomic E-state index is 12.9. The summed E-state index contributed by atoms with van der Waals surface area (Å²) in [4.78, 5) is 19.5. The number of Topliss-reactive ketones (excluding diaryl/α,β-unsaturated/α-hetero) is 1. The Balaban J connectivity index is 1.89. The lowest BCUT2D eigenvalue weighted by atomic mass is 9.86. The summed E-state index contributed by atoms with van der Waals surface area (Å²) in [5.74, 6) is 0.126. The smallest absolute Gasteiger partial charge is 0.204 e. The van der Waals surface area contributed by atoms with Crippen LogP contribution in [0.4, 0.5) is 11.4 Å². The molecular formula is C19H17ClN2O2. The number of aliphatic imine (C=N–C) groups is 1. The number of carbonyl (C=O) groups excluding carboxylic acids is 1. The van der Waals surface area contributed by atoms with E-state index in [0.29, 0.717) is 35.1 Å². The predicted molar refractivity (Wildman–Crippen MR) is 95.7 cm³/mol. The Morgan fingerprint density at radius 2 is 1.96 bits per heavy atom. The van der Waals surface area contributed by atoms with Gasteiger partial charge in [0.25, 0.3) is 0 Å². The molecule has 2 heterocycles. The molecule has 4 rings (SSSR count). The van der Waals surface area contributed by atoms with Gasteiger partial charge in [0.1, 0.15) is 5.84 Å². The van der Waals surface area contributed by atoms with Gasteiger partial charge in [0, 0.05) is 29.2 Å². The SMILES string of the molecule is Cc1cc2c(cc1C)C(=O)C1(O)CCN(c3cccc(Cl)c3)C1=N2. The van der Waals surface area contributed by atoms with Crippen LogP contribution in [0.15, 0.2) is 41.4 Å². The summed E-state index contributed by atoms with van der Waals surface area (Å²) in [6, 6.07) is 11.1. The summed E-state index contributed by atoms with van der Waals surface area (Å²) in [6.07, 6.45) is 0.323. The number of hydrogen-bond donors (Lipinski definition) is 1. The van der Waals surface area contributed by atoms with Crippen molar-refractivity contribution < 1.29 is 9.90 Å².